The van der Waals surface area contributed by atoms with Crippen molar-refractivity contribution in [2.24, 2.45) is 0 Å². The molecule has 2 aromatic heterocycles. The van der Waals surface area contributed by atoms with Crippen LogP contribution in [0.15, 0.2) is 30.6 Å². The molecule has 2 aromatic rings. The Morgan fingerprint density at radius 2 is 2.38 bits per heavy atom. The summed E-state index contributed by atoms with van der Waals surface area (Å²) in [5, 5.41) is 3.21. The number of aromatic amines is 1. The van der Waals surface area contributed by atoms with Crippen LogP contribution in [0.3, 0.4) is 0 Å². The van der Waals surface area contributed by atoms with Crippen LogP contribution >= 0.6 is 0 Å². The lowest BCUT2D eigenvalue weighted by atomic mass is 10.4. The van der Waals surface area contributed by atoms with Crippen molar-refractivity contribution in [3.8, 4) is 5.88 Å². The van der Waals surface area contributed by atoms with Crippen LogP contribution < -0.4 is 10.1 Å². The van der Waals surface area contributed by atoms with Crippen molar-refractivity contribution in [2.75, 3.05) is 19.0 Å². The largest absolute Gasteiger partial charge is 0.481 e. The summed E-state index contributed by atoms with van der Waals surface area (Å²) in [6.45, 7) is 0.785. The van der Waals surface area contributed by atoms with Crippen LogP contribution in [0, 0.1) is 0 Å². The number of hydrogen-bond acceptors (Lipinski definition) is 4. The molecule has 0 aliphatic heterocycles. The number of ether oxygens (including phenoxy) is 1. The molecule has 0 spiro atoms. The Morgan fingerprint density at radius 1 is 1.44 bits per heavy atom. The molecule has 0 unspecified atom stereocenters. The van der Waals surface area contributed by atoms with Gasteiger partial charge < -0.3 is 15.0 Å². The van der Waals surface area contributed by atoms with Gasteiger partial charge in [0.15, 0.2) is 0 Å². The Labute approximate surface area is 93.9 Å². The molecule has 5 heteroatoms. The summed E-state index contributed by atoms with van der Waals surface area (Å²) in [7, 11) is 1.61. The SMILES string of the molecule is COc1cccc(NCCc2ncc[nH]2)n1. The summed E-state index contributed by atoms with van der Waals surface area (Å²) < 4.78 is 5.04. The number of pyridine rings is 1. The van der Waals surface area contributed by atoms with Crippen LogP contribution in [0.1, 0.15) is 5.82 Å². The van der Waals surface area contributed by atoms with Crippen LogP contribution in [0.5, 0.6) is 5.88 Å². The summed E-state index contributed by atoms with van der Waals surface area (Å²) >= 11 is 0. The molecule has 0 atom stereocenters. The summed E-state index contributed by atoms with van der Waals surface area (Å²) in [6.07, 6.45) is 4.41. The van der Waals surface area contributed by atoms with Gasteiger partial charge in [0.1, 0.15) is 11.6 Å². The third kappa shape index (κ3) is 2.73. The monoisotopic (exact) mass is 218 g/mol. The molecule has 0 amide bonds. The maximum atomic E-state index is 5.04. The van der Waals surface area contributed by atoms with Crippen molar-refractivity contribution in [3.63, 3.8) is 0 Å². The van der Waals surface area contributed by atoms with Gasteiger partial charge in [0.05, 0.1) is 7.11 Å². The van der Waals surface area contributed by atoms with Gasteiger partial charge in [-0.3, -0.25) is 0 Å². The maximum absolute atomic E-state index is 5.04. The summed E-state index contributed by atoms with van der Waals surface area (Å²) in [4.78, 5) is 11.4. The normalized spacial score (nSPS) is 10.1. The Hall–Kier alpha value is -2.04. The van der Waals surface area contributed by atoms with E-state index in [1.807, 2.05) is 24.4 Å². The number of nitrogens with one attached hydrogen (secondary N) is 2. The standard InChI is InChI=1S/C11H14N4O/c1-16-11-4-2-3-10(15-11)12-6-5-9-13-7-8-14-9/h2-4,7-8H,5-6H2,1H3,(H,12,15)(H,13,14). The van der Waals surface area contributed by atoms with Gasteiger partial charge in [0.25, 0.3) is 0 Å². The topological polar surface area (TPSA) is 62.8 Å². The fourth-order valence-electron chi connectivity index (χ4n) is 1.37. The first-order valence-electron chi connectivity index (χ1n) is 5.11. The Kier molecular flexibility index (Phi) is 3.38. The average Bonchev–Trinajstić information content (AvgIpc) is 2.82. The van der Waals surface area contributed by atoms with E-state index in [0.29, 0.717) is 5.88 Å². The Morgan fingerprint density at radius 3 is 3.12 bits per heavy atom. The molecule has 0 aliphatic carbocycles. The second kappa shape index (κ2) is 5.16. The highest BCUT2D eigenvalue weighted by Gasteiger charge is 1.97. The zero-order valence-electron chi connectivity index (χ0n) is 9.10. The first kappa shape index (κ1) is 10.5. The fourth-order valence-corrected chi connectivity index (χ4v) is 1.37. The van der Waals surface area contributed by atoms with Gasteiger partial charge in [-0.25, -0.2) is 4.98 Å². The Bertz CT molecular complexity index is 427. The van der Waals surface area contributed by atoms with Gasteiger partial charge in [-0.05, 0) is 6.07 Å². The van der Waals surface area contributed by atoms with Gasteiger partial charge in [0, 0.05) is 31.4 Å². The number of methoxy groups -OCH3 is 1. The van der Waals surface area contributed by atoms with E-state index >= 15 is 0 Å². The molecule has 5 nitrogen and oxygen atoms in total. The Balaban J connectivity index is 1.85. The second-order valence-electron chi connectivity index (χ2n) is 3.28. The van der Waals surface area contributed by atoms with Crippen LogP contribution in [0.4, 0.5) is 5.82 Å². The minimum absolute atomic E-state index is 0.614. The van der Waals surface area contributed by atoms with Gasteiger partial charge in [-0.2, -0.15) is 4.98 Å². The molecule has 0 aromatic carbocycles. The predicted molar refractivity (Wildman–Crippen MR) is 61.6 cm³/mol. The maximum Gasteiger partial charge on any atom is 0.214 e. The molecule has 0 aliphatic rings. The minimum Gasteiger partial charge on any atom is -0.481 e. The van der Waals surface area contributed by atoms with E-state index in [4.69, 9.17) is 4.74 Å². The number of rotatable bonds is 5. The van der Waals surface area contributed by atoms with E-state index < -0.39 is 0 Å². The first-order valence-corrected chi connectivity index (χ1v) is 5.11. The highest BCUT2D eigenvalue weighted by molar-refractivity contribution is 5.36. The second-order valence-corrected chi connectivity index (χ2v) is 3.28. The van der Waals surface area contributed by atoms with Gasteiger partial charge in [-0.1, -0.05) is 6.07 Å². The molecule has 0 bridgehead atoms. The molecule has 2 heterocycles. The predicted octanol–water partition coefficient (Wildman–Crippen LogP) is 1.47. The number of hydrogen-bond donors (Lipinski definition) is 2. The molecule has 16 heavy (non-hydrogen) atoms. The zero-order valence-corrected chi connectivity index (χ0v) is 9.10. The van der Waals surface area contributed by atoms with Crippen LogP contribution in [-0.2, 0) is 6.42 Å². The third-order valence-electron chi connectivity index (χ3n) is 2.16. The fraction of sp³-hybridized carbons (Fsp3) is 0.273. The van der Waals surface area contributed by atoms with Gasteiger partial charge in [-0.15, -0.1) is 0 Å². The van der Waals surface area contributed by atoms with Crippen LogP contribution in [-0.4, -0.2) is 28.6 Å². The van der Waals surface area contributed by atoms with Gasteiger partial charge in [0.2, 0.25) is 5.88 Å². The summed E-state index contributed by atoms with van der Waals surface area (Å²) in [5.41, 5.74) is 0. The van der Waals surface area contributed by atoms with Crippen molar-refractivity contribution in [2.45, 2.75) is 6.42 Å². The summed E-state index contributed by atoms with van der Waals surface area (Å²) in [6, 6.07) is 5.63. The van der Waals surface area contributed by atoms with E-state index in [9.17, 15) is 0 Å². The molecular weight excluding hydrogens is 204 g/mol. The van der Waals surface area contributed by atoms with Crippen molar-refractivity contribution < 1.29 is 4.74 Å². The molecule has 0 fully saturated rings. The highest BCUT2D eigenvalue weighted by Crippen LogP contribution is 2.10. The smallest absolute Gasteiger partial charge is 0.214 e. The molecule has 0 saturated heterocycles. The number of nitrogens with zero attached hydrogens (tertiary/aromatic N) is 2. The number of H-pyrrole nitrogens is 1. The van der Waals surface area contributed by atoms with Crippen LogP contribution in [0.2, 0.25) is 0 Å². The number of anilines is 1. The van der Waals surface area contributed by atoms with Gasteiger partial charge >= 0.3 is 0 Å². The number of imidazole rings is 1. The van der Waals surface area contributed by atoms with Crippen molar-refractivity contribution >= 4 is 5.82 Å². The third-order valence-corrected chi connectivity index (χ3v) is 2.16. The molecule has 2 N–H and O–H groups in total. The van der Waals surface area contributed by atoms with E-state index in [0.717, 1.165) is 24.6 Å². The molecule has 2 rings (SSSR count). The first-order chi connectivity index (χ1) is 7.88. The molecular formula is C11H14N4O. The van der Waals surface area contributed by atoms with Crippen molar-refractivity contribution in [1.29, 1.82) is 0 Å². The molecule has 84 valence electrons. The van der Waals surface area contributed by atoms with E-state index in [-0.39, 0.29) is 0 Å². The lowest BCUT2D eigenvalue weighted by molar-refractivity contribution is 0.398. The zero-order chi connectivity index (χ0) is 11.2. The minimum atomic E-state index is 0.614. The number of aromatic nitrogens is 3. The van der Waals surface area contributed by atoms with Crippen LogP contribution in [0.25, 0.3) is 0 Å². The average molecular weight is 218 g/mol. The van der Waals surface area contributed by atoms with Crippen molar-refractivity contribution in [1.82, 2.24) is 15.0 Å². The summed E-state index contributed by atoms with van der Waals surface area (Å²) in [5.74, 6) is 2.39. The van der Waals surface area contributed by atoms with E-state index in [1.165, 1.54) is 0 Å². The van der Waals surface area contributed by atoms with E-state index in [2.05, 4.69) is 20.3 Å². The lowest BCUT2D eigenvalue weighted by Gasteiger charge is -2.05. The molecule has 0 radical (unpaired) electrons. The quantitative estimate of drug-likeness (QED) is 0.797. The van der Waals surface area contributed by atoms with E-state index in [1.54, 1.807) is 13.3 Å². The van der Waals surface area contributed by atoms with Crippen molar-refractivity contribution in [3.05, 3.63) is 36.4 Å². The molecule has 0 saturated carbocycles. The highest BCUT2D eigenvalue weighted by atomic mass is 16.5. The lowest BCUT2D eigenvalue weighted by Crippen LogP contribution is -2.07.